The number of Topliss-reactive ketones (excluding diaryl/α,β-unsaturated/α-hetero) is 1. The monoisotopic (exact) mass is 660 g/mol. The first kappa shape index (κ1) is 36.5. The number of carbonyl (C=O) groups excluding carboxylic acids is 1. The van der Waals surface area contributed by atoms with Crippen LogP contribution in [0.25, 0.3) is 11.1 Å². The summed E-state index contributed by atoms with van der Waals surface area (Å²) < 4.78 is 81.7. The van der Waals surface area contributed by atoms with Crippen molar-refractivity contribution in [3.63, 3.8) is 0 Å². The van der Waals surface area contributed by atoms with Crippen LogP contribution < -0.4 is 4.90 Å². The normalized spacial score (nSPS) is 19.3. The summed E-state index contributed by atoms with van der Waals surface area (Å²) in [5, 5.41) is 0. The first-order valence-electron chi connectivity index (χ1n) is 16.5. The summed E-state index contributed by atoms with van der Waals surface area (Å²) in [6.07, 6.45) is -4.34. The van der Waals surface area contributed by atoms with Gasteiger partial charge in [0.1, 0.15) is 11.6 Å². The van der Waals surface area contributed by atoms with Gasteiger partial charge < -0.3 is 4.90 Å². The highest BCUT2D eigenvalue weighted by atomic mass is 19.4. The van der Waals surface area contributed by atoms with Crippen molar-refractivity contribution in [1.29, 1.82) is 0 Å². The Morgan fingerprint density at radius 3 is 2.04 bits per heavy atom. The number of aryl methyl sites for hydroxylation is 1. The van der Waals surface area contributed by atoms with Gasteiger partial charge in [-0.3, -0.25) is 4.79 Å². The molecule has 1 aromatic heterocycles. The Balaban J connectivity index is 1.66. The molecular weight excluding hydrogens is 614 g/mol. The van der Waals surface area contributed by atoms with Gasteiger partial charge in [0.05, 0.1) is 11.1 Å². The summed E-state index contributed by atoms with van der Waals surface area (Å²) in [5.74, 6) is 0.837. The number of ketones is 1. The third-order valence-corrected chi connectivity index (χ3v) is 10.4. The molecule has 0 radical (unpaired) electrons. The Kier molecular flexibility index (Phi) is 10.9. The second-order valence-corrected chi connectivity index (χ2v) is 14.0. The SMILES string of the molecule is CCC1CCN(c2cc(-c3ccccc3C)c(CC(C)C(C)C(=O)C(C)(C)c3cc(C(F)(F)F)cc(C(F)(F)F)c3)cn2)CCC1C. The largest absolute Gasteiger partial charge is 0.416 e. The Labute approximate surface area is 274 Å². The van der Waals surface area contributed by atoms with Gasteiger partial charge in [-0.15, -0.1) is 0 Å². The zero-order valence-electron chi connectivity index (χ0n) is 28.3. The topological polar surface area (TPSA) is 33.2 Å². The van der Waals surface area contributed by atoms with Crippen LogP contribution >= 0.6 is 0 Å². The summed E-state index contributed by atoms with van der Waals surface area (Å²) in [7, 11) is 0. The third-order valence-electron chi connectivity index (χ3n) is 10.4. The highest BCUT2D eigenvalue weighted by Gasteiger charge is 2.41. The molecule has 9 heteroatoms. The van der Waals surface area contributed by atoms with E-state index in [4.69, 9.17) is 4.98 Å². The lowest BCUT2D eigenvalue weighted by atomic mass is 9.71. The Morgan fingerprint density at radius 1 is 0.894 bits per heavy atom. The van der Waals surface area contributed by atoms with Crippen LogP contribution in [0.1, 0.15) is 88.6 Å². The van der Waals surface area contributed by atoms with Crippen molar-refractivity contribution >= 4 is 11.6 Å². The molecule has 2 heterocycles. The van der Waals surface area contributed by atoms with Crippen molar-refractivity contribution in [1.82, 2.24) is 4.98 Å². The lowest BCUT2D eigenvalue weighted by Crippen LogP contribution is -2.37. The molecule has 256 valence electrons. The molecule has 4 rings (SSSR count). The van der Waals surface area contributed by atoms with Crippen LogP contribution in [0.3, 0.4) is 0 Å². The number of hydrogen-bond donors (Lipinski definition) is 0. The Bertz CT molecular complexity index is 1530. The number of anilines is 1. The predicted octanol–water partition coefficient (Wildman–Crippen LogP) is 10.7. The number of pyridine rings is 1. The lowest BCUT2D eigenvalue weighted by molar-refractivity contribution is -0.143. The summed E-state index contributed by atoms with van der Waals surface area (Å²) in [5.41, 5.74) is -0.690. The van der Waals surface area contributed by atoms with E-state index in [1.807, 2.05) is 38.2 Å². The maximum absolute atomic E-state index is 13.9. The smallest absolute Gasteiger partial charge is 0.357 e. The van der Waals surface area contributed by atoms with Crippen molar-refractivity contribution in [2.24, 2.45) is 23.7 Å². The fraction of sp³-hybridized carbons (Fsp3) is 0.526. The van der Waals surface area contributed by atoms with Crippen molar-refractivity contribution in [2.45, 2.75) is 91.9 Å². The quantitative estimate of drug-likeness (QED) is 0.214. The molecule has 0 N–H and O–H groups in total. The van der Waals surface area contributed by atoms with Gasteiger partial charge in [0, 0.05) is 30.6 Å². The molecule has 2 aromatic carbocycles. The Hall–Kier alpha value is -3.36. The van der Waals surface area contributed by atoms with Crippen molar-refractivity contribution < 1.29 is 31.1 Å². The zero-order chi connectivity index (χ0) is 34.9. The standard InChI is InChI=1S/C38H46F6N2O/c1-8-27-14-16-46(15-13-23(27)2)34-21-33(32-12-10-9-11-24(32)3)28(22-45-34)17-25(4)26(5)35(47)36(6,7)29-18-30(37(39,40)41)20-31(19-29)38(42,43)44/h9-12,18-23,25-27H,8,13-17H2,1-7H3. The van der Waals surface area contributed by atoms with E-state index in [0.717, 1.165) is 60.4 Å². The highest BCUT2D eigenvalue weighted by molar-refractivity contribution is 5.91. The number of alkyl halides is 6. The van der Waals surface area contributed by atoms with Crippen molar-refractivity contribution in [3.8, 4) is 11.1 Å². The van der Waals surface area contributed by atoms with E-state index < -0.39 is 40.6 Å². The van der Waals surface area contributed by atoms with Crippen LogP contribution in [0.15, 0.2) is 54.7 Å². The molecule has 1 fully saturated rings. The fourth-order valence-electron chi connectivity index (χ4n) is 6.89. The first-order valence-corrected chi connectivity index (χ1v) is 16.5. The molecule has 1 aliphatic heterocycles. The fourth-order valence-corrected chi connectivity index (χ4v) is 6.89. The van der Waals surface area contributed by atoms with Crippen molar-refractivity contribution in [3.05, 3.63) is 82.5 Å². The van der Waals surface area contributed by atoms with Crippen LogP contribution in [-0.4, -0.2) is 23.9 Å². The van der Waals surface area contributed by atoms with E-state index in [0.29, 0.717) is 30.4 Å². The summed E-state index contributed by atoms with van der Waals surface area (Å²) in [6, 6.07) is 11.6. The molecule has 4 atom stereocenters. The second-order valence-electron chi connectivity index (χ2n) is 14.0. The number of nitrogens with zero attached hydrogens (tertiary/aromatic N) is 2. The van der Waals surface area contributed by atoms with E-state index >= 15 is 0 Å². The van der Waals surface area contributed by atoms with E-state index in [1.165, 1.54) is 13.8 Å². The van der Waals surface area contributed by atoms with E-state index in [9.17, 15) is 31.1 Å². The van der Waals surface area contributed by atoms with Gasteiger partial charge in [-0.25, -0.2) is 4.98 Å². The van der Waals surface area contributed by atoms with Gasteiger partial charge in [0.25, 0.3) is 0 Å². The molecule has 0 saturated carbocycles. The molecule has 0 aliphatic carbocycles. The molecule has 0 bridgehead atoms. The molecule has 0 spiro atoms. The minimum absolute atomic E-state index is 0.0915. The lowest BCUT2D eigenvalue weighted by Gasteiger charge is -2.31. The first-order chi connectivity index (χ1) is 21.8. The maximum Gasteiger partial charge on any atom is 0.416 e. The molecule has 3 nitrogen and oxygen atoms in total. The number of aromatic nitrogens is 1. The molecule has 47 heavy (non-hydrogen) atoms. The average molecular weight is 661 g/mol. The average Bonchev–Trinajstić information content (AvgIpc) is 3.20. The minimum Gasteiger partial charge on any atom is -0.357 e. The van der Waals surface area contributed by atoms with Gasteiger partial charge in [-0.05, 0) is 110 Å². The van der Waals surface area contributed by atoms with Gasteiger partial charge in [0.2, 0.25) is 0 Å². The van der Waals surface area contributed by atoms with E-state index in [1.54, 1.807) is 6.92 Å². The highest BCUT2D eigenvalue weighted by Crippen LogP contribution is 2.41. The third kappa shape index (κ3) is 8.21. The number of halogens is 6. The number of carbonyl (C=O) groups is 1. The van der Waals surface area contributed by atoms with Gasteiger partial charge >= 0.3 is 12.4 Å². The number of rotatable bonds is 9. The van der Waals surface area contributed by atoms with E-state index in [-0.39, 0.29) is 17.5 Å². The van der Waals surface area contributed by atoms with Crippen LogP contribution in [0.4, 0.5) is 32.2 Å². The molecule has 0 amide bonds. The molecule has 4 unspecified atom stereocenters. The summed E-state index contributed by atoms with van der Waals surface area (Å²) in [6.45, 7) is 14.8. The molecule has 1 aliphatic rings. The second kappa shape index (κ2) is 14.0. The maximum atomic E-state index is 13.9. The van der Waals surface area contributed by atoms with Crippen LogP contribution in [-0.2, 0) is 29.0 Å². The minimum atomic E-state index is -5.00. The van der Waals surface area contributed by atoms with E-state index in [2.05, 4.69) is 30.9 Å². The van der Waals surface area contributed by atoms with Gasteiger partial charge in [-0.2, -0.15) is 26.3 Å². The van der Waals surface area contributed by atoms with Crippen LogP contribution in [0.5, 0.6) is 0 Å². The van der Waals surface area contributed by atoms with Crippen LogP contribution in [0.2, 0.25) is 0 Å². The summed E-state index contributed by atoms with van der Waals surface area (Å²) in [4.78, 5) is 21.1. The number of hydrogen-bond acceptors (Lipinski definition) is 3. The molecule has 3 aromatic rings. The zero-order valence-corrected chi connectivity index (χ0v) is 28.3. The van der Waals surface area contributed by atoms with Gasteiger partial charge in [0.15, 0.2) is 0 Å². The summed E-state index contributed by atoms with van der Waals surface area (Å²) >= 11 is 0. The molecular formula is C38H46F6N2O. The predicted molar refractivity (Wildman–Crippen MR) is 175 cm³/mol. The Morgan fingerprint density at radius 2 is 1.47 bits per heavy atom. The molecule has 1 saturated heterocycles. The van der Waals surface area contributed by atoms with Crippen LogP contribution in [0, 0.1) is 30.6 Å². The number of benzene rings is 2. The van der Waals surface area contributed by atoms with Crippen molar-refractivity contribution in [2.75, 3.05) is 18.0 Å². The van der Waals surface area contributed by atoms with Gasteiger partial charge in [-0.1, -0.05) is 58.4 Å².